The monoisotopic (exact) mass is 314 g/mol. The minimum atomic E-state index is -0.763. The van der Waals surface area contributed by atoms with Gasteiger partial charge in [-0.25, -0.2) is 0 Å². The van der Waals surface area contributed by atoms with Gasteiger partial charge in [0.05, 0.1) is 6.61 Å². The average molecular weight is 314 g/mol. The number of nitrogens with one attached hydrogen (secondary N) is 1. The molecule has 128 valence electrons. The van der Waals surface area contributed by atoms with Crippen LogP contribution in [-0.4, -0.2) is 60.8 Å². The molecule has 1 aliphatic heterocycles. The molecule has 1 heterocycles. The van der Waals surface area contributed by atoms with Crippen molar-refractivity contribution >= 4 is 11.9 Å². The maximum Gasteiger partial charge on any atom is 0.320 e. The fourth-order valence-corrected chi connectivity index (χ4v) is 3.42. The van der Waals surface area contributed by atoms with E-state index >= 15 is 0 Å². The maximum atomic E-state index is 11.5. The molecule has 4 unspecified atom stereocenters. The molecule has 0 aliphatic carbocycles. The van der Waals surface area contributed by atoms with Gasteiger partial charge in [0.15, 0.2) is 0 Å². The van der Waals surface area contributed by atoms with Crippen molar-refractivity contribution in [2.24, 2.45) is 11.8 Å². The summed E-state index contributed by atoms with van der Waals surface area (Å²) in [7, 11) is 1.65. The lowest BCUT2D eigenvalue weighted by Gasteiger charge is -2.31. The van der Waals surface area contributed by atoms with Gasteiger partial charge in [-0.1, -0.05) is 13.3 Å². The van der Waals surface area contributed by atoms with Crippen molar-refractivity contribution in [2.45, 2.75) is 52.1 Å². The molecular weight excluding hydrogens is 284 g/mol. The first-order valence-electron chi connectivity index (χ1n) is 8.11. The van der Waals surface area contributed by atoms with Crippen LogP contribution in [0, 0.1) is 11.8 Å². The maximum absolute atomic E-state index is 11.5. The first-order valence-corrected chi connectivity index (χ1v) is 8.11. The van der Waals surface area contributed by atoms with Crippen LogP contribution in [0.15, 0.2) is 0 Å². The Hall–Kier alpha value is -1.14. The molecule has 1 amide bonds. The van der Waals surface area contributed by atoms with E-state index in [9.17, 15) is 14.7 Å². The van der Waals surface area contributed by atoms with Gasteiger partial charge in [0.2, 0.25) is 5.91 Å². The van der Waals surface area contributed by atoms with Gasteiger partial charge in [-0.05, 0) is 31.6 Å². The van der Waals surface area contributed by atoms with Crippen molar-refractivity contribution in [1.82, 2.24) is 10.2 Å². The fraction of sp³-hybridized carbons (Fsp3) is 0.875. The van der Waals surface area contributed by atoms with Crippen molar-refractivity contribution in [3.63, 3.8) is 0 Å². The molecule has 1 aliphatic rings. The van der Waals surface area contributed by atoms with Gasteiger partial charge >= 0.3 is 5.97 Å². The quantitative estimate of drug-likeness (QED) is 0.671. The van der Waals surface area contributed by atoms with Crippen LogP contribution < -0.4 is 5.32 Å². The molecule has 0 aromatic rings. The minimum Gasteiger partial charge on any atom is -0.480 e. The van der Waals surface area contributed by atoms with Crippen molar-refractivity contribution in [2.75, 3.05) is 26.8 Å². The Morgan fingerprint density at radius 3 is 2.64 bits per heavy atom. The number of carbonyl (C=O) groups is 2. The largest absolute Gasteiger partial charge is 0.480 e. The smallest absolute Gasteiger partial charge is 0.320 e. The molecular formula is C16H30N2O4. The Balaban J connectivity index is 2.72. The zero-order chi connectivity index (χ0) is 16.7. The van der Waals surface area contributed by atoms with Crippen LogP contribution in [0.5, 0.6) is 0 Å². The second kappa shape index (κ2) is 9.10. The first-order chi connectivity index (χ1) is 10.4. The number of hydrogen-bond acceptors (Lipinski definition) is 4. The Kier molecular flexibility index (Phi) is 7.82. The standard InChI is InChI=1S/C16H30N2O4/c1-5-6-14(11(2)17-12(3)19)9-18-8-13(10-22-4)7-15(18)16(20)21/h11,13-15H,5-10H2,1-4H3,(H,17,19)(H,20,21). The van der Waals surface area contributed by atoms with E-state index in [0.717, 1.165) is 19.4 Å². The average Bonchev–Trinajstić information content (AvgIpc) is 2.81. The van der Waals surface area contributed by atoms with Crippen LogP contribution in [0.1, 0.15) is 40.0 Å². The summed E-state index contributed by atoms with van der Waals surface area (Å²) in [6.07, 6.45) is 2.62. The van der Waals surface area contributed by atoms with Crippen LogP contribution in [0.3, 0.4) is 0 Å². The normalized spacial score (nSPS) is 24.9. The number of carboxylic acid groups (broad SMARTS) is 1. The Morgan fingerprint density at radius 1 is 1.45 bits per heavy atom. The zero-order valence-corrected chi connectivity index (χ0v) is 14.2. The Labute approximate surface area is 133 Å². The molecule has 1 fully saturated rings. The molecule has 1 saturated heterocycles. The topological polar surface area (TPSA) is 78.9 Å². The number of hydrogen-bond donors (Lipinski definition) is 2. The molecule has 0 saturated carbocycles. The summed E-state index contributed by atoms with van der Waals surface area (Å²) in [6, 6.07) is -0.391. The lowest BCUT2D eigenvalue weighted by molar-refractivity contribution is -0.142. The summed E-state index contributed by atoms with van der Waals surface area (Å²) in [5.74, 6) is -0.274. The number of carboxylic acids is 1. The van der Waals surface area contributed by atoms with E-state index in [2.05, 4.69) is 12.2 Å². The van der Waals surface area contributed by atoms with Crippen molar-refractivity contribution in [3.05, 3.63) is 0 Å². The van der Waals surface area contributed by atoms with Crippen LogP contribution in [0.25, 0.3) is 0 Å². The van der Waals surface area contributed by atoms with E-state index in [-0.39, 0.29) is 23.8 Å². The van der Waals surface area contributed by atoms with Gasteiger partial charge in [-0.3, -0.25) is 14.5 Å². The van der Waals surface area contributed by atoms with E-state index in [0.29, 0.717) is 19.6 Å². The van der Waals surface area contributed by atoms with Crippen LogP contribution >= 0.6 is 0 Å². The van der Waals surface area contributed by atoms with E-state index in [1.807, 2.05) is 11.8 Å². The molecule has 6 heteroatoms. The van der Waals surface area contributed by atoms with Gasteiger partial charge in [-0.2, -0.15) is 0 Å². The number of rotatable bonds is 9. The summed E-state index contributed by atoms with van der Waals surface area (Å²) >= 11 is 0. The van der Waals surface area contributed by atoms with E-state index in [1.54, 1.807) is 7.11 Å². The van der Waals surface area contributed by atoms with Gasteiger partial charge < -0.3 is 15.2 Å². The highest BCUT2D eigenvalue weighted by Crippen LogP contribution is 2.26. The number of aliphatic carboxylic acids is 1. The second-order valence-corrected chi connectivity index (χ2v) is 6.40. The summed E-state index contributed by atoms with van der Waals surface area (Å²) in [6.45, 7) is 7.67. The van der Waals surface area contributed by atoms with E-state index in [1.165, 1.54) is 6.92 Å². The highest BCUT2D eigenvalue weighted by atomic mass is 16.5. The number of likely N-dealkylation sites (tertiary alicyclic amines) is 1. The van der Waals surface area contributed by atoms with Gasteiger partial charge in [0.1, 0.15) is 6.04 Å². The molecule has 0 aromatic heterocycles. The fourth-order valence-electron chi connectivity index (χ4n) is 3.42. The SMILES string of the molecule is CCCC(CN1CC(COC)CC1C(=O)O)C(C)NC(C)=O. The van der Waals surface area contributed by atoms with Crippen molar-refractivity contribution in [1.29, 1.82) is 0 Å². The van der Waals surface area contributed by atoms with Crippen molar-refractivity contribution < 1.29 is 19.4 Å². The van der Waals surface area contributed by atoms with Crippen molar-refractivity contribution in [3.8, 4) is 0 Å². The van der Waals surface area contributed by atoms with Crippen LogP contribution in [0.2, 0.25) is 0 Å². The summed E-state index contributed by atoms with van der Waals surface area (Å²) in [4.78, 5) is 24.8. The summed E-state index contributed by atoms with van der Waals surface area (Å²) in [5, 5.41) is 12.4. The predicted octanol–water partition coefficient (Wildman–Crippen LogP) is 1.35. The van der Waals surface area contributed by atoms with Gasteiger partial charge in [0.25, 0.3) is 0 Å². The summed E-state index contributed by atoms with van der Waals surface area (Å²) in [5.41, 5.74) is 0. The predicted molar refractivity (Wildman–Crippen MR) is 84.7 cm³/mol. The highest BCUT2D eigenvalue weighted by molar-refractivity contribution is 5.74. The zero-order valence-electron chi connectivity index (χ0n) is 14.2. The number of nitrogens with zero attached hydrogens (tertiary/aromatic N) is 1. The van der Waals surface area contributed by atoms with Crippen LogP contribution in [-0.2, 0) is 14.3 Å². The second-order valence-electron chi connectivity index (χ2n) is 6.40. The van der Waals surface area contributed by atoms with Gasteiger partial charge in [-0.15, -0.1) is 0 Å². The van der Waals surface area contributed by atoms with Crippen LogP contribution in [0.4, 0.5) is 0 Å². The number of methoxy groups -OCH3 is 1. The Morgan fingerprint density at radius 2 is 2.14 bits per heavy atom. The number of ether oxygens (including phenoxy) is 1. The summed E-state index contributed by atoms with van der Waals surface area (Å²) < 4.78 is 5.18. The third kappa shape index (κ3) is 5.57. The molecule has 4 atom stereocenters. The molecule has 6 nitrogen and oxygen atoms in total. The molecule has 22 heavy (non-hydrogen) atoms. The third-order valence-corrected chi connectivity index (χ3v) is 4.44. The highest BCUT2D eigenvalue weighted by Gasteiger charge is 2.38. The molecule has 1 rings (SSSR count). The van der Waals surface area contributed by atoms with Gasteiger partial charge in [0, 0.05) is 33.2 Å². The van der Waals surface area contributed by atoms with E-state index < -0.39 is 12.0 Å². The third-order valence-electron chi connectivity index (χ3n) is 4.44. The van der Waals surface area contributed by atoms with E-state index in [4.69, 9.17) is 4.74 Å². The molecule has 0 spiro atoms. The molecule has 2 N–H and O–H groups in total. The molecule has 0 radical (unpaired) electrons. The molecule has 0 aromatic carbocycles. The number of amides is 1. The number of carbonyl (C=O) groups excluding carboxylic acids is 1. The lowest BCUT2D eigenvalue weighted by atomic mass is 9.95. The first kappa shape index (κ1) is 18.9. The Bertz CT molecular complexity index is 375. The molecule has 0 bridgehead atoms. The lowest BCUT2D eigenvalue weighted by Crippen LogP contribution is -2.45. The minimum absolute atomic E-state index is 0.0398.